The van der Waals surface area contributed by atoms with Gasteiger partial charge in [-0.3, -0.25) is 0 Å². The second kappa shape index (κ2) is 3.45. The van der Waals surface area contributed by atoms with Gasteiger partial charge in [0.2, 0.25) is 5.82 Å². The number of rotatable bonds is 3. The Morgan fingerprint density at radius 1 is 1.60 bits per heavy atom. The summed E-state index contributed by atoms with van der Waals surface area (Å²) < 4.78 is 18.4. The summed E-state index contributed by atoms with van der Waals surface area (Å²) in [5.41, 5.74) is -1.47. The van der Waals surface area contributed by atoms with E-state index in [1.165, 1.54) is 0 Å². The van der Waals surface area contributed by atoms with Gasteiger partial charge >= 0.3 is 5.97 Å². The van der Waals surface area contributed by atoms with Crippen molar-refractivity contribution in [2.75, 3.05) is 0 Å². The molecular formula is C9H9FN2O3. The highest BCUT2D eigenvalue weighted by Crippen LogP contribution is 2.43. The van der Waals surface area contributed by atoms with Crippen LogP contribution in [0.1, 0.15) is 31.0 Å². The maximum absolute atomic E-state index is 13.7. The molecule has 1 N–H and O–H groups in total. The van der Waals surface area contributed by atoms with Gasteiger partial charge in [0.05, 0.1) is 0 Å². The molecule has 1 aliphatic carbocycles. The van der Waals surface area contributed by atoms with Crippen molar-refractivity contribution in [3.05, 3.63) is 17.8 Å². The van der Waals surface area contributed by atoms with Gasteiger partial charge < -0.3 is 9.63 Å². The average molecular weight is 212 g/mol. The molecule has 5 nitrogen and oxygen atoms in total. The third kappa shape index (κ3) is 1.88. The lowest BCUT2D eigenvalue weighted by molar-refractivity contribution is -0.131. The molecule has 0 saturated heterocycles. The van der Waals surface area contributed by atoms with Gasteiger partial charge in [-0.2, -0.15) is 4.98 Å². The van der Waals surface area contributed by atoms with Gasteiger partial charge in [0.1, 0.15) is 0 Å². The quantitative estimate of drug-likeness (QED) is 0.768. The fraction of sp³-hybridized carbons (Fsp3) is 0.444. The van der Waals surface area contributed by atoms with Crippen LogP contribution in [0.15, 0.2) is 10.6 Å². The Morgan fingerprint density at radius 3 is 2.87 bits per heavy atom. The van der Waals surface area contributed by atoms with Crippen molar-refractivity contribution in [3.63, 3.8) is 0 Å². The first kappa shape index (κ1) is 9.82. The molecule has 1 aromatic heterocycles. The highest BCUT2D eigenvalue weighted by Gasteiger charge is 2.43. The lowest BCUT2D eigenvalue weighted by Gasteiger charge is -2.29. The van der Waals surface area contributed by atoms with Crippen LogP contribution in [0, 0.1) is 0 Å². The maximum Gasteiger partial charge on any atom is 0.328 e. The summed E-state index contributed by atoms with van der Waals surface area (Å²) in [5, 5.41) is 11.8. The Morgan fingerprint density at radius 2 is 2.33 bits per heavy atom. The minimum atomic E-state index is -1.47. The molecule has 0 amide bonds. The summed E-state index contributed by atoms with van der Waals surface area (Å²) in [7, 11) is 0. The van der Waals surface area contributed by atoms with Crippen LogP contribution in [0.5, 0.6) is 0 Å². The molecule has 0 atom stereocenters. The van der Waals surface area contributed by atoms with Crippen molar-refractivity contribution in [2.24, 2.45) is 0 Å². The molecule has 1 saturated carbocycles. The molecule has 80 valence electrons. The number of carbonyl (C=O) groups is 1. The number of halogens is 1. The van der Waals surface area contributed by atoms with Crippen molar-refractivity contribution in [3.8, 4) is 0 Å². The van der Waals surface area contributed by atoms with Crippen molar-refractivity contribution in [2.45, 2.75) is 24.9 Å². The van der Waals surface area contributed by atoms with Crippen LogP contribution in [0.3, 0.4) is 0 Å². The largest absolute Gasteiger partial charge is 0.478 e. The highest BCUT2D eigenvalue weighted by atomic mass is 19.1. The zero-order chi connectivity index (χ0) is 10.9. The fourth-order valence-corrected chi connectivity index (χ4v) is 1.34. The second-order valence-corrected chi connectivity index (χ2v) is 3.45. The zero-order valence-corrected chi connectivity index (χ0v) is 7.81. The van der Waals surface area contributed by atoms with E-state index in [9.17, 15) is 9.18 Å². The molecule has 1 aliphatic rings. The topological polar surface area (TPSA) is 76.2 Å². The predicted molar refractivity (Wildman–Crippen MR) is 47.6 cm³/mol. The number of alkyl halides is 1. The van der Waals surface area contributed by atoms with Gasteiger partial charge in [-0.25, -0.2) is 9.18 Å². The van der Waals surface area contributed by atoms with E-state index in [0.29, 0.717) is 12.8 Å². The molecule has 0 spiro atoms. The molecule has 0 unspecified atom stereocenters. The molecule has 0 radical (unpaired) electrons. The summed E-state index contributed by atoms with van der Waals surface area (Å²) in [6.45, 7) is 0. The molecule has 0 aliphatic heterocycles. The van der Waals surface area contributed by atoms with E-state index in [-0.39, 0.29) is 11.7 Å². The van der Waals surface area contributed by atoms with Crippen LogP contribution in [0.25, 0.3) is 6.08 Å². The van der Waals surface area contributed by atoms with Gasteiger partial charge in [0.25, 0.3) is 5.89 Å². The van der Waals surface area contributed by atoms with Crippen LogP contribution in [0.2, 0.25) is 0 Å². The Kier molecular flexibility index (Phi) is 2.26. The average Bonchev–Trinajstić information content (AvgIpc) is 2.59. The third-order valence-electron chi connectivity index (χ3n) is 2.36. The smallest absolute Gasteiger partial charge is 0.328 e. The number of aromatic nitrogens is 2. The Bertz CT molecular complexity index is 409. The molecule has 2 rings (SSSR count). The fourth-order valence-electron chi connectivity index (χ4n) is 1.34. The predicted octanol–water partition coefficient (Wildman–Crippen LogP) is 1.52. The highest BCUT2D eigenvalue weighted by molar-refractivity contribution is 5.84. The normalized spacial score (nSPS) is 19.0. The zero-order valence-electron chi connectivity index (χ0n) is 7.81. The van der Waals surface area contributed by atoms with Crippen molar-refractivity contribution >= 4 is 12.0 Å². The summed E-state index contributed by atoms with van der Waals surface area (Å²) >= 11 is 0. The van der Waals surface area contributed by atoms with E-state index in [2.05, 4.69) is 14.7 Å². The van der Waals surface area contributed by atoms with E-state index in [0.717, 1.165) is 18.6 Å². The van der Waals surface area contributed by atoms with E-state index in [1.807, 2.05) is 0 Å². The SMILES string of the molecule is O=C(O)/C=C/c1nc(C2(F)CCC2)no1. The van der Waals surface area contributed by atoms with Crippen molar-refractivity contribution in [1.82, 2.24) is 10.1 Å². The van der Waals surface area contributed by atoms with Gasteiger partial charge in [-0.05, 0) is 19.3 Å². The first-order chi connectivity index (χ1) is 7.10. The van der Waals surface area contributed by atoms with E-state index < -0.39 is 11.6 Å². The number of carboxylic acid groups (broad SMARTS) is 1. The molecule has 1 heterocycles. The van der Waals surface area contributed by atoms with Gasteiger partial charge in [0.15, 0.2) is 5.67 Å². The molecule has 6 heteroatoms. The first-order valence-electron chi connectivity index (χ1n) is 4.54. The molecule has 0 aromatic carbocycles. The molecular weight excluding hydrogens is 203 g/mol. The number of aliphatic carboxylic acids is 1. The first-order valence-corrected chi connectivity index (χ1v) is 4.54. The van der Waals surface area contributed by atoms with E-state index >= 15 is 0 Å². The third-order valence-corrected chi connectivity index (χ3v) is 2.36. The van der Waals surface area contributed by atoms with Crippen molar-refractivity contribution in [1.29, 1.82) is 0 Å². The molecule has 1 fully saturated rings. The Labute approximate surface area is 84.6 Å². The minimum Gasteiger partial charge on any atom is -0.478 e. The molecule has 0 bridgehead atoms. The van der Waals surface area contributed by atoms with Gasteiger partial charge in [-0.15, -0.1) is 0 Å². The monoisotopic (exact) mass is 212 g/mol. The Hall–Kier alpha value is -1.72. The second-order valence-electron chi connectivity index (χ2n) is 3.45. The summed E-state index contributed by atoms with van der Waals surface area (Å²) in [4.78, 5) is 14.0. The lowest BCUT2D eigenvalue weighted by Crippen LogP contribution is -2.30. The maximum atomic E-state index is 13.7. The van der Waals surface area contributed by atoms with Crippen LogP contribution < -0.4 is 0 Å². The number of hydrogen-bond acceptors (Lipinski definition) is 4. The number of carboxylic acids is 1. The Balaban J connectivity index is 2.13. The van der Waals surface area contributed by atoms with Crippen molar-refractivity contribution < 1.29 is 18.8 Å². The van der Waals surface area contributed by atoms with Crippen LogP contribution >= 0.6 is 0 Å². The number of nitrogens with zero attached hydrogens (tertiary/aromatic N) is 2. The van der Waals surface area contributed by atoms with Crippen LogP contribution in [-0.2, 0) is 10.5 Å². The number of hydrogen-bond donors (Lipinski definition) is 1. The molecule has 15 heavy (non-hydrogen) atoms. The lowest BCUT2D eigenvalue weighted by atomic mass is 9.81. The summed E-state index contributed by atoms with van der Waals surface area (Å²) in [6, 6.07) is 0. The van der Waals surface area contributed by atoms with E-state index in [1.54, 1.807) is 0 Å². The van der Waals surface area contributed by atoms with Crippen LogP contribution in [-0.4, -0.2) is 21.2 Å². The summed E-state index contributed by atoms with van der Waals surface area (Å²) in [5.74, 6) is -1.09. The van der Waals surface area contributed by atoms with E-state index in [4.69, 9.17) is 5.11 Å². The van der Waals surface area contributed by atoms with Gasteiger partial charge in [-0.1, -0.05) is 5.16 Å². The van der Waals surface area contributed by atoms with Crippen LogP contribution in [0.4, 0.5) is 4.39 Å². The van der Waals surface area contributed by atoms with Gasteiger partial charge in [0, 0.05) is 12.2 Å². The molecule has 1 aromatic rings. The minimum absolute atomic E-state index is 0.0105. The summed E-state index contributed by atoms with van der Waals surface area (Å²) in [6.07, 6.45) is 3.61. The standard InChI is InChI=1S/C9H9FN2O3/c10-9(4-1-5-9)8-11-6(15-12-8)2-3-7(13)14/h2-3H,1,4-5H2,(H,13,14)/b3-2+.